The van der Waals surface area contributed by atoms with E-state index in [0.29, 0.717) is 48.6 Å². The molecule has 1 fully saturated rings. The second kappa shape index (κ2) is 13.6. The Bertz CT molecular complexity index is 1860. The molecule has 7 rings (SSSR count). The van der Waals surface area contributed by atoms with Crippen molar-refractivity contribution in [3.8, 4) is 11.6 Å². The number of pyridine rings is 1. The summed E-state index contributed by atoms with van der Waals surface area (Å²) in [6.07, 6.45) is 6.95. The van der Waals surface area contributed by atoms with Crippen molar-refractivity contribution in [2.75, 3.05) is 37.7 Å². The number of hydrogen-bond donors (Lipinski definition) is 1. The molecule has 1 aliphatic carbocycles. The van der Waals surface area contributed by atoms with Crippen LogP contribution in [0.5, 0.6) is 11.6 Å². The number of hydrogen-bond acceptors (Lipinski definition) is 8. The van der Waals surface area contributed by atoms with Gasteiger partial charge in [-0.25, -0.2) is 22.5 Å². The number of anilines is 1. The van der Waals surface area contributed by atoms with Gasteiger partial charge in [-0.2, -0.15) is 0 Å². The van der Waals surface area contributed by atoms with E-state index in [1.807, 2.05) is 18.2 Å². The maximum Gasteiger partial charge on any atom is 0.264 e. The molecule has 2 bridgehead atoms. The fourth-order valence-corrected chi connectivity index (χ4v) is 9.20. The largest absolute Gasteiger partial charge is 0.490 e. The van der Waals surface area contributed by atoms with E-state index in [0.717, 1.165) is 25.7 Å². The van der Waals surface area contributed by atoms with Gasteiger partial charge < -0.3 is 14.4 Å². The van der Waals surface area contributed by atoms with E-state index in [2.05, 4.69) is 25.6 Å². The molecule has 4 aliphatic rings. The predicted molar refractivity (Wildman–Crippen MR) is 188 cm³/mol. The number of halogens is 2. The maximum absolute atomic E-state index is 16.3. The standard InChI is InChI=1S/C37H42ClFN4O5S/c1-24-8-12-31(39)33(21-47-35-7-3-4-16-40-35)43-17-14-29(43)20-42-22-37(15-5-6-26-18-28(38)10-11-30(26)37)23-48-34-13-9-27(19-32(34)42)36(44)41-49(45,46)25(24)2/h3-4,7,9-13,16,18-19,24-25,29,33H,5-6,8,14-15,17,20-23H2,1-2H3,(H,41,44)/b31-12-/t24-,25+,29-,33-,37-/m0/s1. The van der Waals surface area contributed by atoms with E-state index >= 15 is 4.39 Å². The number of sulfonamides is 1. The maximum atomic E-state index is 16.3. The number of benzene rings is 2. The van der Waals surface area contributed by atoms with Crippen LogP contribution in [0.1, 0.15) is 61.0 Å². The minimum absolute atomic E-state index is 0.0186. The molecule has 260 valence electrons. The van der Waals surface area contributed by atoms with E-state index in [-0.39, 0.29) is 35.9 Å². The normalized spacial score (nSPS) is 29.6. The van der Waals surface area contributed by atoms with Gasteiger partial charge in [0.05, 0.1) is 23.6 Å². The highest BCUT2D eigenvalue weighted by atomic mass is 35.5. The first-order valence-electron chi connectivity index (χ1n) is 17.0. The summed E-state index contributed by atoms with van der Waals surface area (Å²) in [7, 11) is -4.07. The summed E-state index contributed by atoms with van der Waals surface area (Å²) in [5, 5.41) is -0.249. The van der Waals surface area contributed by atoms with Crippen LogP contribution in [0.2, 0.25) is 5.02 Å². The summed E-state index contributed by atoms with van der Waals surface area (Å²) in [6, 6.07) is 15.8. The third-order valence-electron chi connectivity index (χ3n) is 10.9. The topological polar surface area (TPSA) is 101 Å². The molecule has 0 radical (unpaired) electrons. The number of amides is 1. The predicted octanol–water partition coefficient (Wildman–Crippen LogP) is 6.07. The third kappa shape index (κ3) is 6.77. The summed E-state index contributed by atoms with van der Waals surface area (Å²) in [5.74, 6) is -0.511. The van der Waals surface area contributed by atoms with Crippen LogP contribution in [0.3, 0.4) is 0 Å². The van der Waals surface area contributed by atoms with Crippen LogP contribution in [0, 0.1) is 5.92 Å². The average molecular weight is 709 g/mol. The van der Waals surface area contributed by atoms with E-state index in [9.17, 15) is 13.2 Å². The molecular weight excluding hydrogens is 667 g/mol. The van der Waals surface area contributed by atoms with Crippen molar-refractivity contribution in [2.45, 2.75) is 68.7 Å². The van der Waals surface area contributed by atoms with Gasteiger partial charge in [0.1, 0.15) is 18.2 Å². The Morgan fingerprint density at radius 2 is 2.02 bits per heavy atom. The number of aryl methyl sites for hydroxylation is 1. The third-order valence-corrected chi connectivity index (χ3v) is 13.0. The highest BCUT2D eigenvalue weighted by Crippen LogP contribution is 2.45. The van der Waals surface area contributed by atoms with Crippen LogP contribution in [-0.2, 0) is 21.9 Å². The second-order valence-corrected chi connectivity index (χ2v) is 16.4. The first-order chi connectivity index (χ1) is 23.5. The number of fused-ring (bicyclic) bond motifs is 4. The number of carbonyl (C=O) groups excluding carboxylic acids is 1. The molecule has 49 heavy (non-hydrogen) atoms. The van der Waals surface area contributed by atoms with Gasteiger partial charge in [-0.05, 0) is 92.5 Å². The molecule has 1 amide bonds. The van der Waals surface area contributed by atoms with Crippen LogP contribution in [0.4, 0.5) is 10.1 Å². The molecule has 1 aromatic heterocycles. The second-order valence-electron chi connectivity index (χ2n) is 13.9. The molecule has 4 heterocycles. The van der Waals surface area contributed by atoms with Crippen molar-refractivity contribution in [3.63, 3.8) is 0 Å². The molecule has 1 saturated heterocycles. The lowest BCUT2D eigenvalue weighted by atomic mass is 9.70. The molecule has 0 saturated carbocycles. The van der Waals surface area contributed by atoms with Crippen molar-refractivity contribution >= 4 is 33.2 Å². The molecule has 0 unspecified atom stereocenters. The number of rotatable bonds is 3. The fraction of sp³-hybridized carbons (Fsp3) is 0.459. The zero-order valence-electron chi connectivity index (χ0n) is 27.8. The Morgan fingerprint density at radius 3 is 2.80 bits per heavy atom. The van der Waals surface area contributed by atoms with Gasteiger partial charge in [0.15, 0.2) is 0 Å². The highest BCUT2D eigenvalue weighted by molar-refractivity contribution is 7.90. The van der Waals surface area contributed by atoms with E-state index in [4.69, 9.17) is 21.1 Å². The average Bonchev–Trinajstić information content (AvgIpc) is 3.23. The molecule has 5 atom stereocenters. The van der Waals surface area contributed by atoms with Crippen LogP contribution in [0.25, 0.3) is 0 Å². The lowest BCUT2D eigenvalue weighted by Crippen LogP contribution is -2.60. The van der Waals surface area contributed by atoms with E-state index in [1.54, 1.807) is 50.4 Å². The molecule has 1 spiro atoms. The number of ether oxygens (including phenoxy) is 2. The summed E-state index contributed by atoms with van der Waals surface area (Å²) < 4.78 is 58.0. The van der Waals surface area contributed by atoms with Gasteiger partial charge in [0.2, 0.25) is 15.9 Å². The van der Waals surface area contributed by atoms with Gasteiger partial charge in [-0.3, -0.25) is 9.69 Å². The summed E-state index contributed by atoms with van der Waals surface area (Å²) in [4.78, 5) is 22.1. The van der Waals surface area contributed by atoms with Gasteiger partial charge >= 0.3 is 0 Å². The van der Waals surface area contributed by atoms with Crippen molar-refractivity contribution in [1.82, 2.24) is 14.6 Å². The Labute approximate surface area is 292 Å². The quantitative estimate of drug-likeness (QED) is 0.350. The van der Waals surface area contributed by atoms with Crippen molar-refractivity contribution in [1.29, 1.82) is 0 Å². The number of nitrogens with one attached hydrogen (secondary N) is 1. The lowest BCUT2D eigenvalue weighted by Gasteiger charge is -2.48. The minimum atomic E-state index is -4.07. The van der Waals surface area contributed by atoms with E-state index < -0.39 is 33.1 Å². The number of aromatic nitrogens is 1. The van der Waals surface area contributed by atoms with Gasteiger partial charge in [-0.1, -0.05) is 36.7 Å². The molecule has 1 N–H and O–H groups in total. The summed E-state index contributed by atoms with van der Waals surface area (Å²) in [5.41, 5.74) is 3.00. The SMILES string of the molecule is C[C@@H]1[C@@H](C)C/C=C(\F)[C@H](COc2ccccn2)N2CC[C@H]2CN2C[C@@]3(CCCc4cc(Cl)ccc43)COc3ccc(cc32)C(=O)NS1(=O)=O. The molecule has 12 heteroatoms. The van der Waals surface area contributed by atoms with Gasteiger partial charge in [0.25, 0.3) is 5.91 Å². The monoisotopic (exact) mass is 708 g/mol. The zero-order chi connectivity index (χ0) is 34.3. The summed E-state index contributed by atoms with van der Waals surface area (Å²) in [6.45, 7) is 5.61. The van der Waals surface area contributed by atoms with Crippen molar-refractivity contribution in [3.05, 3.63) is 94.4 Å². The Kier molecular flexibility index (Phi) is 9.36. The van der Waals surface area contributed by atoms with Crippen LogP contribution < -0.4 is 19.1 Å². The zero-order valence-corrected chi connectivity index (χ0v) is 29.4. The Balaban J connectivity index is 1.29. The number of allylic oxidation sites excluding steroid dienone is 1. The molecular formula is C37H42ClFN4O5S. The fourth-order valence-electron chi connectivity index (χ4n) is 7.72. The van der Waals surface area contributed by atoms with Crippen LogP contribution >= 0.6 is 11.6 Å². The first kappa shape index (κ1) is 33.8. The smallest absolute Gasteiger partial charge is 0.264 e. The lowest BCUT2D eigenvalue weighted by molar-refractivity contribution is 0.0274. The van der Waals surface area contributed by atoms with Gasteiger partial charge in [-0.15, -0.1) is 0 Å². The molecule has 9 nitrogen and oxygen atoms in total. The molecule has 3 aromatic rings. The van der Waals surface area contributed by atoms with Crippen molar-refractivity contribution < 1.29 is 27.1 Å². The number of carbonyl (C=O) groups is 1. The van der Waals surface area contributed by atoms with Gasteiger partial charge in [0, 0.05) is 53.9 Å². The van der Waals surface area contributed by atoms with Crippen LogP contribution in [0.15, 0.2) is 72.7 Å². The minimum Gasteiger partial charge on any atom is -0.490 e. The number of nitrogens with zero attached hydrogens (tertiary/aromatic N) is 3. The Hall–Kier alpha value is -3.67. The molecule has 3 aliphatic heterocycles. The van der Waals surface area contributed by atoms with Crippen LogP contribution in [-0.4, -0.2) is 74.4 Å². The van der Waals surface area contributed by atoms with Crippen molar-refractivity contribution in [2.24, 2.45) is 5.92 Å². The first-order valence-corrected chi connectivity index (χ1v) is 19.0. The summed E-state index contributed by atoms with van der Waals surface area (Å²) >= 11 is 6.43. The van der Waals surface area contributed by atoms with E-state index in [1.165, 1.54) is 17.2 Å². The molecule has 2 aromatic carbocycles. The Morgan fingerprint density at radius 1 is 1.16 bits per heavy atom. The highest BCUT2D eigenvalue weighted by Gasteiger charge is 2.44.